The molecule has 0 spiro atoms. The summed E-state index contributed by atoms with van der Waals surface area (Å²) < 4.78 is 27.9. The maximum atomic E-state index is 13.9. The Morgan fingerprint density at radius 1 is 0.949 bits per heavy atom. The molecule has 1 heterocycles. The lowest BCUT2D eigenvalue weighted by molar-refractivity contribution is -0.131. The molecule has 9 nitrogen and oxygen atoms in total. The van der Waals surface area contributed by atoms with Gasteiger partial charge in [0.25, 0.3) is 0 Å². The van der Waals surface area contributed by atoms with E-state index >= 15 is 0 Å². The highest BCUT2D eigenvalue weighted by Crippen LogP contribution is 2.53. The van der Waals surface area contributed by atoms with Crippen LogP contribution < -0.4 is 29.0 Å². The first-order valence-electron chi connectivity index (χ1n) is 12.8. The number of hydrogen-bond donors (Lipinski definition) is 3. The van der Waals surface area contributed by atoms with Crippen LogP contribution in [0.25, 0.3) is 0 Å². The van der Waals surface area contributed by atoms with Crippen molar-refractivity contribution in [2.75, 3.05) is 41.3 Å². The summed E-state index contributed by atoms with van der Waals surface area (Å²) in [6.07, 6.45) is -0.446. The summed E-state index contributed by atoms with van der Waals surface area (Å²) in [5.74, 6) is -0.0918. The van der Waals surface area contributed by atoms with Crippen molar-refractivity contribution >= 4 is 5.91 Å². The number of carbonyl (C=O) groups is 1. The number of benzene rings is 3. The number of carbonyl (C=O) groups excluding carboxylic acids is 1. The molecule has 5 rings (SSSR count). The molecule has 1 amide bonds. The van der Waals surface area contributed by atoms with Crippen molar-refractivity contribution in [1.82, 2.24) is 5.32 Å². The molecule has 2 aliphatic rings. The highest BCUT2D eigenvalue weighted by molar-refractivity contribution is 5.82. The Morgan fingerprint density at radius 2 is 1.59 bits per heavy atom. The van der Waals surface area contributed by atoms with Crippen molar-refractivity contribution in [2.45, 2.75) is 18.4 Å². The third kappa shape index (κ3) is 4.95. The SMILES string of the molecule is COc1cc([C@@H]2c3cc4c(cc3[C@H](O)[C@@H](CO)[C@@H]2C(=O)NCCc2ccccc2)OCO4)cc(OC)c1OC. The average molecular weight is 536 g/mol. The summed E-state index contributed by atoms with van der Waals surface area (Å²) in [4.78, 5) is 13.9. The lowest BCUT2D eigenvalue weighted by Gasteiger charge is -2.41. The second-order valence-electron chi connectivity index (χ2n) is 9.61. The molecular formula is C30H33NO8. The minimum Gasteiger partial charge on any atom is -0.493 e. The average Bonchev–Trinajstić information content (AvgIpc) is 3.43. The van der Waals surface area contributed by atoms with Crippen LogP contribution >= 0.6 is 0 Å². The van der Waals surface area contributed by atoms with E-state index in [1.165, 1.54) is 21.3 Å². The van der Waals surface area contributed by atoms with Crippen LogP contribution in [-0.4, -0.2) is 57.4 Å². The van der Waals surface area contributed by atoms with E-state index in [0.717, 1.165) is 5.56 Å². The van der Waals surface area contributed by atoms with Crippen LogP contribution in [0, 0.1) is 11.8 Å². The Morgan fingerprint density at radius 3 is 2.18 bits per heavy atom. The van der Waals surface area contributed by atoms with Crippen LogP contribution in [0.3, 0.4) is 0 Å². The Kier molecular flexibility index (Phi) is 7.81. The molecule has 1 aliphatic carbocycles. The van der Waals surface area contributed by atoms with Crippen molar-refractivity contribution in [3.8, 4) is 28.7 Å². The lowest BCUT2D eigenvalue weighted by Crippen LogP contribution is -2.45. The fourth-order valence-corrected chi connectivity index (χ4v) is 5.69. The normalized spacial score (nSPS) is 21.2. The molecule has 4 atom stereocenters. The van der Waals surface area contributed by atoms with Gasteiger partial charge < -0.3 is 39.2 Å². The zero-order chi connectivity index (χ0) is 27.5. The third-order valence-electron chi connectivity index (χ3n) is 7.57. The number of aliphatic hydroxyl groups excluding tert-OH is 2. The zero-order valence-electron chi connectivity index (χ0n) is 22.2. The van der Waals surface area contributed by atoms with Crippen molar-refractivity contribution in [3.63, 3.8) is 0 Å². The van der Waals surface area contributed by atoms with Crippen LogP contribution in [0.15, 0.2) is 54.6 Å². The largest absolute Gasteiger partial charge is 0.493 e. The van der Waals surface area contributed by atoms with Gasteiger partial charge in [-0.3, -0.25) is 4.79 Å². The predicted octanol–water partition coefficient (Wildman–Crippen LogP) is 3.20. The van der Waals surface area contributed by atoms with E-state index < -0.39 is 30.5 Å². The van der Waals surface area contributed by atoms with Crippen LogP contribution in [0.4, 0.5) is 0 Å². The van der Waals surface area contributed by atoms with E-state index in [0.29, 0.717) is 58.4 Å². The summed E-state index contributed by atoms with van der Waals surface area (Å²) in [7, 11) is 4.59. The van der Waals surface area contributed by atoms with Crippen molar-refractivity contribution < 1.29 is 38.7 Å². The fraction of sp³-hybridized carbons (Fsp3) is 0.367. The monoisotopic (exact) mass is 535 g/mol. The molecule has 1 aliphatic heterocycles. The Hall–Kier alpha value is -3.95. The topological polar surface area (TPSA) is 116 Å². The minimum absolute atomic E-state index is 0.0655. The van der Waals surface area contributed by atoms with E-state index in [1.807, 2.05) is 36.4 Å². The Bertz CT molecular complexity index is 1300. The number of aliphatic hydroxyl groups is 2. The quantitative estimate of drug-likeness (QED) is 0.383. The molecule has 9 heteroatoms. The molecule has 3 aromatic rings. The van der Waals surface area contributed by atoms with Gasteiger partial charge in [0, 0.05) is 25.0 Å². The van der Waals surface area contributed by atoms with Gasteiger partial charge in [-0.1, -0.05) is 30.3 Å². The highest BCUT2D eigenvalue weighted by Gasteiger charge is 2.47. The molecule has 39 heavy (non-hydrogen) atoms. The molecular weight excluding hydrogens is 502 g/mol. The first-order valence-corrected chi connectivity index (χ1v) is 12.8. The van der Waals surface area contributed by atoms with Gasteiger partial charge in [0.1, 0.15) is 0 Å². The molecule has 0 bridgehead atoms. The molecule has 3 aromatic carbocycles. The van der Waals surface area contributed by atoms with Gasteiger partial charge in [-0.25, -0.2) is 0 Å². The smallest absolute Gasteiger partial charge is 0.231 e. The van der Waals surface area contributed by atoms with Crippen molar-refractivity contribution in [2.24, 2.45) is 11.8 Å². The summed E-state index contributed by atoms with van der Waals surface area (Å²) >= 11 is 0. The van der Waals surface area contributed by atoms with Crippen LogP contribution in [-0.2, 0) is 11.2 Å². The van der Waals surface area contributed by atoms with E-state index in [2.05, 4.69) is 5.32 Å². The van der Waals surface area contributed by atoms with Gasteiger partial charge in [-0.05, 0) is 52.9 Å². The van der Waals surface area contributed by atoms with Crippen LogP contribution in [0.2, 0.25) is 0 Å². The molecule has 0 unspecified atom stereocenters. The number of ether oxygens (including phenoxy) is 5. The summed E-state index contributed by atoms with van der Waals surface area (Å²) in [5, 5.41) is 24.9. The Balaban J connectivity index is 1.60. The van der Waals surface area contributed by atoms with E-state index in [4.69, 9.17) is 23.7 Å². The summed E-state index contributed by atoms with van der Waals surface area (Å²) in [6, 6.07) is 17.0. The highest BCUT2D eigenvalue weighted by atomic mass is 16.7. The van der Waals surface area contributed by atoms with E-state index in [9.17, 15) is 15.0 Å². The first kappa shape index (κ1) is 26.6. The van der Waals surface area contributed by atoms with Crippen LogP contribution in [0.1, 0.15) is 34.3 Å². The van der Waals surface area contributed by atoms with E-state index in [1.54, 1.807) is 18.2 Å². The third-order valence-corrected chi connectivity index (χ3v) is 7.57. The fourth-order valence-electron chi connectivity index (χ4n) is 5.69. The Labute approximate surface area is 227 Å². The molecule has 3 N–H and O–H groups in total. The van der Waals surface area contributed by atoms with Gasteiger partial charge in [-0.15, -0.1) is 0 Å². The van der Waals surface area contributed by atoms with Crippen LogP contribution in [0.5, 0.6) is 28.7 Å². The predicted molar refractivity (Wildman–Crippen MR) is 143 cm³/mol. The zero-order valence-corrected chi connectivity index (χ0v) is 22.2. The van der Waals surface area contributed by atoms with Gasteiger partial charge in [0.15, 0.2) is 23.0 Å². The number of fused-ring (bicyclic) bond motifs is 2. The number of rotatable bonds is 9. The minimum atomic E-state index is -1.09. The molecule has 206 valence electrons. The van der Waals surface area contributed by atoms with Gasteiger partial charge in [0.2, 0.25) is 18.4 Å². The number of hydrogen-bond acceptors (Lipinski definition) is 8. The van der Waals surface area contributed by atoms with Gasteiger partial charge in [0.05, 0.1) is 33.4 Å². The van der Waals surface area contributed by atoms with Gasteiger partial charge in [-0.2, -0.15) is 0 Å². The second kappa shape index (κ2) is 11.4. The lowest BCUT2D eigenvalue weighted by atomic mass is 9.64. The van der Waals surface area contributed by atoms with E-state index in [-0.39, 0.29) is 12.7 Å². The maximum absolute atomic E-state index is 13.9. The maximum Gasteiger partial charge on any atom is 0.231 e. The van der Waals surface area contributed by atoms with Crippen molar-refractivity contribution in [3.05, 3.63) is 76.9 Å². The van der Waals surface area contributed by atoms with Gasteiger partial charge >= 0.3 is 0 Å². The molecule has 0 radical (unpaired) electrons. The first-order chi connectivity index (χ1) is 19.0. The molecule has 0 aromatic heterocycles. The number of nitrogens with one attached hydrogen (secondary N) is 1. The summed E-state index contributed by atoms with van der Waals surface area (Å²) in [6.45, 7) is 0.0757. The van der Waals surface area contributed by atoms with Crippen molar-refractivity contribution in [1.29, 1.82) is 0 Å². The molecule has 0 fully saturated rings. The second-order valence-corrected chi connectivity index (χ2v) is 9.61. The number of methoxy groups -OCH3 is 3. The molecule has 0 saturated carbocycles. The standard InChI is InChI=1S/C30H33NO8/c1-35-24-11-18(12-25(36-2)29(24)37-3)26-19-13-22-23(39-16-38-22)14-20(19)28(33)21(15-32)27(26)30(34)31-10-9-17-7-5-4-6-8-17/h4-8,11-14,21,26-28,32-33H,9-10,15-16H2,1-3H3,(H,31,34)/t21-,26+,27-,28-/m0/s1. The number of amides is 1. The molecule has 0 saturated heterocycles. The summed E-state index contributed by atoms with van der Waals surface area (Å²) in [5.41, 5.74) is 3.08.